The Kier molecular flexibility index (Phi) is 16.5. The van der Waals surface area contributed by atoms with E-state index in [-0.39, 0.29) is 31.2 Å². The maximum Gasteiger partial charge on any atom is 0.270 e. The highest BCUT2D eigenvalue weighted by Gasteiger charge is 2.37. The number of hydrogen-bond donors (Lipinski definition) is 0. The van der Waals surface area contributed by atoms with Gasteiger partial charge < -0.3 is 9.15 Å². The summed E-state index contributed by atoms with van der Waals surface area (Å²) in [5, 5.41) is 4.47. The summed E-state index contributed by atoms with van der Waals surface area (Å²) >= 11 is 0. The standard InChI is InChI=1S/C23H32O.C15H18F2N2.C9H13NO.2CH4/c1-15(2)21-9-8-18(24-21)13-17-14-20-19(12-16(17)3)22(4,5)10-11-23(20,6)7;1-10(2)14-8-11(3)19(18-14)13-7-5-6-12(9-13)15(4,16)17;1-7(2)8-4-5-9(11-3)10-6-8;;/h8-9,12,14-15H,10-11,13H2,1-7H3;5-10H,1-4H3;4-7H,1-3H3;2*1H4. The van der Waals surface area contributed by atoms with Gasteiger partial charge in [-0.15, -0.1) is 0 Å². The molecule has 6 rings (SSSR count). The number of hydrogen-bond acceptors (Lipinski definition) is 4. The first-order valence-electron chi connectivity index (χ1n) is 19.4. The summed E-state index contributed by atoms with van der Waals surface area (Å²) in [5.41, 5.74) is 10.2. The van der Waals surface area contributed by atoms with Gasteiger partial charge in [0, 0.05) is 42.8 Å². The molecule has 0 unspecified atom stereocenters. The van der Waals surface area contributed by atoms with Gasteiger partial charge in [-0.25, -0.2) is 18.4 Å². The van der Waals surface area contributed by atoms with E-state index in [1.54, 1.807) is 29.5 Å². The zero-order valence-corrected chi connectivity index (χ0v) is 35.2. The Bertz CT molecular complexity index is 1980. The number of rotatable bonds is 8. The van der Waals surface area contributed by atoms with Crippen molar-refractivity contribution in [2.24, 2.45) is 0 Å². The Hall–Kier alpha value is -4.26. The van der Waals surface area contributed by atoms with Gasteiger partial charge in [-0.05, 0) is 108 Å². The molecular weight excluding hydrogens is 701 g/mol. The zero-order chi connectivity index (χ0) is 40.2. The number of ether oxygens (including phenoxy) is 1. The van der Waals surface area contributed by atoms with Crippen molar-refractivity contribution in [3.63, 3.8) is 0 Å². The molecule has 0 N–H and O–H groups in total. The van der Waals surface area contributed by atoms with Gasteiger partial charge in [0.1, 0.15) is 11.5 Å². The quantitative estimate of drug-likeness (QED) is 0.158. The SMILES string of the molecule is C.C.COc1ccc(C(C)C)cn1.Cc1cc(C(C)C)nn1-c1cccc(C(C)(F)F)c1.Cc1cc2c(cc1Cc1ccc(C(C)C)o1)C(C)(C)CCC2(C)C. The Morgan fingerprint density at radius 3 is 1.91 bits per heavy atom. The fourth-order valence-electron chi connectivity index (χ4n) is 6.75. The predicted octanol–water partition coefficient (Wildman–Crippen LogP) is 14.6. The van der Waals surface area contributed by atoms with E-state index in [2.05, 4.69) is 111 Å². The van der Waals surface area contributed by atoms with E-state index in [0.717, 1.165) is 36.3 Å². The second kappa shape index (κ2) is 19.3. The van der Waals surface area contributed by atoms with Gasteiger partial charge in [0.2, 0.25) is 5.88 Å². The molecule has 0 radical (unpaired) electrons. The smallest absolute Gasteiger partial charge is 0.270 e. The van der Waals surface area contributed by atoms with Crippen LogP contribution in [0, 0.1) is 13.8 Å². The van der Waals surface area contributed by atoms with E-state index in [9.17, 15) is 8.78 Å². The Morgan fingerprint density at radius 1 is 0.804 bits per heavy atom. The minimum absolute atomic E-state index is 0. The van der Waals surface area contributed by atoms with Gasteiger partial charge in [0.25, 0.3) is 5.92 Å². The van der Waals surface area contributed by atoms with Crippen LogP contribution in [0.4, 0.5) is 8.78 Å². The number of methoxy groups -OCH3 is 1. The molecule has 1 aliphatic carbocycles. The predicted molar refractivity (Wildman–Crippen MR) is 232 cm³/mol. The Balaban J connectivity index is 0.000000304. The average molecular weight is 772 g/mol. The van der Waals surface area contributed by atoms with E-state index in [4.69, 9.17) is 9.15 Å². The lowest BCUT2D eigenvalue weighted by Crippen LogP contribution is -2.34. The van der Waals surface area contributed by atoms with Crippen LogP contribution in [0.5, 0.6) is 5.88 Å². The van der Waals surface area contributed by atoms with Crippen LogP contribution in [0.25, 0.3) is 5.69 Å². The molecule has 5 aromatic rings. The lowest BCUT2D eigenvalue weighted by Gasteiger charge is -2.42. The van der Waals surface area contributed by atoms with Gasteiger partial charge in [-0.2, -0.15) is 5.10 Å². The van der Waals surface area contributed by atoms with Crippen LogP contribution in [0.3, 0.4) is 0 Å². The Morgan fingerprint density at radius 2 is 1.43 bits per heavy atom. The number of nitrogens with zero attached hydrogens (tertiary/aromatic N) is 3. The molecule has 2 aromatic carbocycles. The van der Waals surface area contributed by atoms with Crippen LogP contribution >= 0.6 is 0 Å². The zero-order valence-electron chi connectivity index (χ0n) is 35.2. The van der Waals surface area contributed by atoms with Crippen LogP contribution in [-0.2, 0) is 23.2 Å². The molecule has 3 aromatic heterocycles. The highest BCUT2D eigenvalue weighted by Crippen LogP contribution is 2.46. The number of furan rings is 1. The van der Waals surface area contributed by atoms with Crippen LogP contribution in [0.1, 0.15) is 178 Å². The lowest BCUT2D eigenvalue weighted by molar-refractivity contribution is 0.0174. The first-order chi connectivity index (χ1) is 25.1. The molecule has 0 saturated heterocycles. The molecule has 1 aliphatic rings. The number of aryl methyl sites for hydroxylation is 2. The molecule has 0 spiro atoms. The molecule has 0 aliphatic heterocycles. The molecule has 0 fully saturated rings. The van der Waals surface area contributed by atoms with Crippen molar-refractivity contribution in [2.45, 2.75) is 159 Å². The summed E-state index contributed by atoms with van der Waals surface area (Å²) in [4.78, 5) is 4.10. The van der Waals surface area contributed by atoms with Gasteiger partial charge >= 0.3 is 0 Å². The summed E-state index contributed by atoms with van der Waals surface area (Å²) < 4.78 is 39.4. The third-order valence-corrected chi connectivity index (χ3v) is 10.7. The van der Waals surface area contributed by atoms with Crippen LogP contribution in [0.2, 0.25) is 0 Å². The molecule has 0 saturated carbocycles. The number of pyridine rings is 1. The van der Waals surface area contributed by atoms with Gasteiger partial charge in [-0.1, -0.05) is 114 Å². The molecule has 7 heteroatoms. The van der Waals surface area contributed by atoms with E-state index in [1.165, 1.54) is 47.2 Å². The largest absolute Gasteiger partial charge is 0.481 e. The minimum atomic E-state index is -2.84. The van der Waals surface area contributed by atoms with Crippen LogP contribution < -0.4 is 4.74 Å². The highest BCUT2D eigenvalue weighted by atomic mass is 19.3. The minimum Gasteiger partial charge on any atom is -0.481 e. The molecule has 56 heavy (non-hydrogen) atoms. The number of fused-ring (bicyclic) bond motifs is 1. The maximum atomic E-state index is 13.4. The van der Waals surface area contributed by atoms with E-state index < -0.39 is 5.92 Å². The molecule has 308 valence electrons. The fraction of sp³-hybridized carbons (Fsp3) is 0.510. The molecular formula is C49H71F2N3O2. The third-order valence-electron chi connectivity index (χ3n) is 10.7. The summed E-state index contributed by atoms with van der Waals surface area (Å²) in [7, 11) is 1.62. The van der Waals surface area contributed by atoms with Crippen molar-refractivity contribution < 1.29 is 17.9 Å². The van der Waals surface area contributed by atoms with Crippen molar-refractivity contribution in [2.75, 3.05) is 7.11 Å². The number of halogens is 2. The summed E-state index contributed by atoms with van der Waals surface area (Å²) in [6.07, 6.45) is 5.27. The summed E-state index contributed by atoms with van der Waals surface area (Å²) in [6, 6.07) is 21.4. The number of alkyl halides is 2. The van der Waals surface area contributed by atoms with Crippen molar-refractivity contribution >= 4 is 0 Å². The van der Waals surface area contributed by atoms with Gasteiger partial charge in [0.15, 0.2) is 0 Å². The van der Waals surface area contributed by atoms with E-state index in [1.807, 2.05) is 31.3 Å². The van der Waals surface area contributed by atoms with Crippen molar-refractivity contribution in [1.82, 2.24) is 14.8 Å². The maximum absolute atomic E-state index is 13.4. The monoisotopic (exact) mass is 772 g/mol. The van der Waals surface area contributed by atoms with Crippen molar-refractivity contribution in [1.29, 1.82) is 0 Å². The first kappa shape index (κ1) is 47.9. The normalized spacial score (nSPS) is 14.1. The van der Waals surface area contributed by atoms with Gasteiger partial charge in [-0.3, -0.25) is 0 Å². The average Bonchev–Trinajstić information content (AvgIpc) is 3.75. The highest BCUT2D eigenvalue weighted by molar-refractivity contribution is 5.48. The molecule has 0 amide bonds. The topological polar surface area (TPSA) is 53.1 Å². The molecule has 0 bridgehead atoms. The summed E-state index contributed by atoms with van der Waals surface area (Å²) in [5.74, 6) is 1.30. The first-order valence-corrected chi connectivity index (χ1v) is 19.4. The van der Waals surface area contributed by atoms with Crippen molar-refractivity contribution in [3.8, 4) is 11.6 Å². The second-order valence-corrected chi connectivity index (χ2v) is 17.2. The summed E-state index contributed by atoms with van der Waals surface area (Å²) in [6.45, 7) is 27.4. The third kappa shape index (κ3) is 11.9. The number of benzene rings is 2. The lowest BCUT2D eigenvalue weighted by atomic mass is 9.62. The Labute approximate surface area is 338 Å². The van der Waals surface area contributed by atoms with Crippen LogP contribution in [0.15, 0.2) is 77.3 Å². The molecule has 0 atom stereocenters. The van der Waals surface area contributed by atoms with E-state index >= 15 is 0 Å². The molecule has 3 heterocycles. The van der Waals surface area contributed by atoms with E-state index in [0.29, 0.717) is 29.3 Å². The fourth-order valence-corrected chi connectivity index (χ4v) is 6.75. The van der Waals surface area contributed by atoms with Crippen molar-refractivity contribution in [3.05, 3.63) is 129 Å². The number of aromatic nitrogens is 3. The van der Waals surface area contributed by atoms with Crippen LogP contribution in [-0.4, -0.2) is 21.9 Å². The second-order valence-electron chi connectivity index (χ2n) is 17.2. The molecule has 5 nitrogen and oxygen atoms in total. The van der Waals surface area contributed by atoms with Gasteiger partial charge in [0.05, 0.1) is 18.5 Å².